The zero-order valence-corrected chi connectivity index (χ0v) is 10.8. The highest BCUT2D eigenvalue weighted by atomic mass is 16.4. The molecule has 5 nitrogen and oxygen atoms in total. The van der Waals surface area contributed by atoms with Crippen LogP contribution in [0.5, 0.6) is 0 Å². The number of anilines is 2. The molecular weight excluding hydrogens is 242 g/mol. The van der Waals surface area contributed by atoms with Crippen LogP contribution >= 0.6 is 0 Å². The highest BCUT2D eigenvalue weighted by Crippen LogP contribution is 2.29. The van der Waals surface area contributed by atoms with E-state index in [-0.39, 0.29) is 18.6 Å². The van der Waals surface area contributed by atoms with Gasteiger partial charge in [-0.15, -0.1) is 0 Å². The van der Waals surface area contributed by atoms with Crippen LogP contribution in [0, 0.1) is 5.92 Å². The van der Waals surface area contributed by atoms with E-state index in [4.69, 9.17) is 10.2 Å². The number of oxazole rings is 1. The maximum atomic E-state index is 9.41. The number of aliphatic hydroxyl groups excluding tert-OH is 1. The second kappa shape index (κ2) is 5.09. The lowest BCUT2D eigenvalue weighted by Gasteiger charge is -2.30. The SMILES string of the molecule is Nc1cccc2oc(NC3CCCCC3CO)nc12. The summed E-state index contributed by atoms with van der Waals surface area (Å²) in [6.45, 7) is 0.208. The smallest absolute Gasteiger partial charge is 0.295 e. The second-order valence-electron chi connectivity index (χ2n) is 5.19. The van der Waals surface area contributed by atoms with Gasteiger partial charge in [0.05, 0.1) is 5.69 Å². The van der Waals surface area contributed by atoms with Gasteiger partial charge >= 0.3 is 0 Å². The third kappa shape index (κ3) is 2.38. The van der Waals surface area contributed by atoms with Crippen molar-refractivity contribution in [3.63, 3.8) is 0 Å². The molecule has 2 unspecified atom stereocenters. The first kappa shape index (κ1) is 12.3. The van der Waals surface area contributed by atoms with Gasteiger partial charge in [-0.3, -0.25) is 0 Å². The number of hydrogen-bond acceptors (Lipinski definition) is 5. The van der Waals surface area contributed by atoms with E-state index < -0.39 is 0 Å². The number of hydrogen-bond donors (Lipinski definition) is 3. The summed E-state index contributed by atoms with van der Waals surface area (Å²) in [5.41, 5.74) is 7.88. The summed E-state index contributed by atoms with van der Waals surface area (Å²) in [7, 11) is 0. The van der Waals surface area contributed by atoms with Crippen molar-refractivity contribution in [3.8, 4) is 0 Å². The predicted molar refractivity (Wildman–Crippen MR) is 74.9 cm³/mol. The number of aromatic nitrogens is 1. The molecule has 0 spiro atoms. The molecule has 0 bridgehead atoms. The minimum Gasteiger partial charge on any atom is -0.423 e. The Hall–Kier alpha value is -1.75. The van der Waals surface area contributed by atoms with Gasteiger partial charge < -0.3 is 20.6 Å². The molecule has 1 saturated carbocycles. The van der Waals surface area contributed by atoms with Crippen LogP contribution in [0.25, 0.3) is 11.1 Å². The van der Waals surface area contributed by atoms with Crippen LogP contribution in [-0.4, -0.2) is 22.7 Å². The van der Waals surface area contributed by atoms with Crippen molar-refractivity contribution in [3.05, 3.63) is 18.2 Å². The van der Waals surface area contributed by atoms with Crippen LogP contribution in [0.2, 0.25) is 0 Å². The molecule has 1 aromatic heterocycles. The average Bonchev–Trinajstić information content (AvgIpc) is 2.83. The maximum absolute atomic E-state index is 9.41. The highest BCUT2D eigenvalue weighted by molar-refractivity contribution is 5.86. The van der Waals surface area contributed by atoms with Crippen LogP contribution < -0.4 is 11.1 Å². The summed E-state index contributed by atoms with van der Waals surface area (Å²) in [4.78, 5) is 4.39. The molecule has 5 heteroatoms. The summed E-state index contributed by atoms with van der Waals surface area (Å²) in [6, 6.07) is 6.25. The molecule has 0 amide bonds. The molecule has 1 aliphatic rings. The average molecular weight is 261 g/mol. The zero-order valence-electron chi connectivity index (χ0n) is 10.8. The molecule has 102 valence electrons. The summed E-state index contributed by atoms with van der Waals surface area (Å²) in [5.74, 6) is 0.279. The number of nitrogens with zero attached hydrogens (tertiary/aromatic N) is 1. The second-order valence-corrected chi connectivity index (χ2v) is 5.19. The fourth-order valence-electron chi connectivity index (χ4n) is 2.81. The molecule has 1 fully saturated rings. The minimum absolute atomic E-state index is 0.208. The Labute approximate surface area is 111 Å². The van der Waals surface area contributed by atoms with Gasteiger partial charge in [0, 0.05) is 18.6 Å². The molecule has 19 heavy (non-hydrogen) atoms. The molecule has 1 aromatic carbocycles. The van der Waals surface area contributed by atoms with Gasteiger partial charge in [-0.05, 0) is 25.0 Å². The van der Waals surface area contributed by atoms with Crippen molar-refractivity contribution in [2.75, 3.05) is 17.7 Å². The Kier molecular flexibility index (Phi) is 3.29. The lowest BCUT2D eigenvalue weighted by Crippen LogP contribution is -2.34. The van der Waals surface area contributed by atoms with Gasteiger partial charge in [-0.1, -0.05) is 18.9 Å². The van der Waals surface area contributed by atoms with Crippen molar-refractivity contribution >= 4 is 22.8 Å². The molecule has 1 heterocycles. The Morgan fingerprint density at radius 3 is 3.00 bits per heavy atom. The third-order valence-electron chi connectivity index (χ3n) is 3.90. The first-order valence-electron chi connectivity index (χ1n) is 6.80. The highest BCUT2D eigenvalue weighted by Gasteiger charge is 2.25. The van der Waals surface area contributed by atoms with Crippen molar-refractivity contribution in [2.45, 2.75) is 31.7 Å². The van der Waals surface area contributed by atoms with Gasteiger partial charge in [0.25, 0.3) is 6.01 Å². The molecule has 2 aromatic rings. The number of nitrogens with one attached hydrogen (secondary N) is 1. The Bertz CT molecular complexity index is 567. The van der Waals surface area contributed by atoms with Crippen molar-refractivity contribution in [1.82, 2.24) is 4.98 Å². The lowest BCUT2D eigenvalue weighted by atomic mass is 9.85. The van der Waals surface area contributed by atoms with E-state index in [1.807, 2.05) is 18.2 Å². The van der Waals surface area contributed by atoms with E-state index in [0.717, 1.165) is 12.8 Å². The third-order valence-corrected chi connectivity index (χ3v) is 3.90. The van der Waals surface area contributed by atoms with Crippen molar-refractivity contribution in [1.29, 1.82) is 0 Å². The minimum atomic E-state index is 0.208. The van der Waals surface area contributed by atoms with E-state index in [2.05, 4.69) is 10.3 Å². The van der Waals surface area contributed by atoms with Crippen LogP contribution in [0.4, 0.5) is 11.7 Å². The Balaban J connectivity index is 1.82. The first-order chi connectivity index (χ1) is 9.28. The number of fused-ring (bicyclic) bond motifs is 1. The number of nitrogen functional groups attached to an aromatic ring is 1. The van der Waals surface area contributed by atoms with Crippen LogP contribution in [0.1, 0.15) is 25.7 Å². The lowest BCUT2D eigenvalue weighted by molar-refractivity contribution is 0.177. The fraction of sp³-hybridized carbons (Fsp3) is 0.500. The van der Waals surface area contributed by atoms with E-state index in [0.29, 0.717) is 22.8 Å². The van der Waals surface area contributed by atoms with Gasteiger partial charge in [0.2, 0.25) is 0 Å². The quantitative estimate of drug-likeness (QED) is 0.739. The molecule has 0 radical (unpaired) electrons. The molecule has 3 rings (SSSR count). The van der Waals surface area contributed by atoms with Gasteiger partial charge in [0.1, 0.15) is 5.52 Å². The molecule has 2 atom stereocenters. The normalized spacial score (nSPS) is 23.6. The number of nitrogens with two attached hydrogens (primary N) is 1. The monoisotopic (exact) mass is 261 g/mol. The largest absolute Gasteiger partial charge is 0.423 e. The maximum Gasteiger partial charge on any atom is 0.295 e. The number of aliphatic hydroxyl groups is 1. The van der Waals surface area contributed by atoms with Gasteiger partial charge in [0.15, 0.2) is 5.58 Å². The van der Waals surface area contributed by atoms with Gasteiger partial charge in [-0.2, -0.15) is 4.98 Å². The van der Waals surface area contributed by atoms with Crippen LogP contribution in [0.15, 0.2) is 22.6 Å². The number of benzene rings is 1. The molecule has 1 aliphatic carbocycles. The molecular formula is C14H19N3O2. The summed E-state index contributed by atoms with van der Waals surface area (Å²) in [5, 5.41) is 12.7. The Morgan fingerprint density at radius 1 is 1.37 bits per heavy atom. The molecule has 0 saturated heterocycles. The topological polar surface area (TPSA) is 84.3 Å². The predicted octanol–water partition coefficient (Wildman–Crippen LogP) is 2.37. The number of para-hydroxylation sites is 1. The van der Waals surface area contributed by atoms with Crippen LogP contribution in [-0.2, 0) is 0 Å². The number of rotatable bonds is 3. The first-order valence-corrected chi connectivity index (χ1v) is 6.80. The van der Waals surface area contributed by atoms with Crippen molar-refractivity contribution < 1.29 is 9.52 Å². The summed E-state index contributed by atoms with van der Waals surface area (Å²) >= 11 is 0. The zero-order chi connectivity index (χ0) is 13.2. The van der Waals surface area contributed by atoms with Gasteiger partial charge in [-0.25, -0.2) is 0 Å². The van der Waals surface area contributed by atoms with E-state index in [1.165, 1.54) is 12.8 Å². The van der Waals surface area contributed by atoms with E-state index in [1.54, 1.807) is 0 Å². The van der Waals surface area contributed by atoms with E-state index >= 15 is 0 Å². The standard InChI is InChI=1S/C14H19N3O2/c15-10-5-3-7-12-13(10)17-14(19-12)16-11-6-2-1-4-9(11)8-18/h3,5,7,9,11,18H,1-2,4,6,8,15H2,(H,16,17). The van der Waals surface area contributed by atoms with Crippen LogP contribution in [0.3, 0.4) is 0 Å². The fourth-order valence-corrected chi connectivity index (χ4v) is 2.81. The Morgan fingerprint density at radius 2 is 2.21 bits per heavy atom. The van der Waals surface area contributed by atoms with Crippen molar-refractivity contribution in [2.24, 2.45) is 5.92 Å². The molecule has 0 aliphatic heterocycles. The molecule has 4 N–H and O–H groups in total. The summed E-state index contributed by atoms with van der Waals surface area (Å²) in [6.07, 6.45) is 4.45. The van der Waals surface area contributed by atoms with E-state index in [9.17, 15) is 5.11 Å². The summed E-state index contributed by atoms with van der Waals surface area (Å²) < 4.78 is 5.66.